The molecule has 0 saturated carbocycles. The Balaban J connectivity index is 2.59. The minimum Gasteiger partial charge on any atom is -0.465 e. The molecule has 0 fully saturated rings. The quantitative estimate of drug-likeness (QED) is 0.484. The number of carbonyl (C=O) groups excluding carboxylic acids is 1. The van der Waals surface area contributed by atoms with Crippen molar-refractivity contribution in [2.24, 2.45) is 0 Å². The summed E-state index contributed by atoms with van der Waals surface area (Å²) >= 11 is 3.38. The standard InChI is InChI=1S/C13H13BrO2/c1-2-16-13(15)8-4-6-11-5-3-7-12(9-11)10-14/h3,5,7,9H,2,8,10H2,1H3. The Morgan fingerprint density at radius 3 is 3.00 bits per heavy atom. The first-order valence-corrected chi connectivity index (χ1v) is 6.17. The van der Waals surface area contributed by atoms with Gasteiger partial charge in [0.1, 0.15) is 6.42 Å². The maximum Gasteiger partial charge on any atom is 0.317 e. The summed E-state index contributed by atoms with van der Waals surface area (Å²) in [5, 5.41) is 0.806. The summed E-state index contributed by atoms with van der Waals surface area (Å²) in [4.78, 5) is 11.0. The summed E-state index contributed by atoms with van der Waals surface area (Å²) in [5.41, 5.74) is 2.09. The molecule has 3 heteroatoms. The number of benzene rings is 1. The van der Waals surface area contributed by atoms with Gasteiger partial charge in [-0.25, -0.2) is 0 Å². The van der Waals surface area contributed by atoms with Crippen LogP contribution in [0.15, 0.2) is 24.3 Å². The maximum atomic E-state index is 11.0. The number of ether oxygens (including phenoxy) is 1. The normalized spacial score (nSPS) is 9.12. The molecule has 2 nitrogen and oxygen atoms in total. The van der Waals surface area contributed by atoms with Gasteiger partial charge >= 0.3 is 5.97 Å². The minimum atomic E-state index is -0.272. The van der Waals surface area contributed by atoms with Gasteiger partial charge in [-0.3, -0.25) is 4.79 Å². The van der Waals surface area contributed by atoms with Crippen molar-refractivity contribution in [1.82, 2.24) is 0 Å². The first-order valence-electron chi connectivity index (χ1n) is 5.05. The number of carbonyl (C=O) groups is 1. The third-order valence-corrected chi connectivity index (χ3v) is 2.50. The first-order chi connectivity index (χ1) is 7.76. The summed E-state index contributed by atoms with van der Waals surface area (Å²) < 4.78 is 4.78. The van der Waals surface area contributed by atoms with Gasteiger partial charge in [0.25, 0.3) is 0 Å². The van der Waals surface area contributed by atoms with Crippen LogP contribution in [0.25, 0.3) is 0 Å². The molecule has 1 aromatic rings. The van der Waals surface area contributed by atoms with Gasteiger partial charge < -0.3 is 4.74 Å². The van der Waals surface area contributed by atoms with Crippen LogP contribution in [0, 0.1) is 11.8 Å². The number of halogens is 1. The van der Waals surface area contributed by atoms with Gasteiger partial charge in [0, 0.05) is 10.9 Å². The topological polar surface area (TPSA) is 26.3 Å². The highest BCUT2D eigenvalue weighted by Crippen LogP contribution is 2.07. The predicted molar refractivity (Wildman–Crippen MR) is 67.2 cm³/mol. The number of hydrogen-bond donors (Lipinski definition) is 0. The lowest BCUT2D eigenvalue weighted by Crippen LogP contribution is -2.01. The van der Waals surface area contributed by atoms with Crippen molar-refractivity contribution in [2.75, 3.05) is 6.61 Å². The van der Waals surface area contributed by atoms with E-state index in [9.17, 15) is 4.79 Å². The van der Waals surface area contributed by atoms with E-state index in [1.54, 1.807) is 6.92 Å². The van der Waals surface area contributed by atoms with Crippen LogP contribution in [0.5, 0.6) is 0 Å². The number of hydrogen-bond acceptors (Lipinski definition) is 2. The van der Waals surface area contributed by atoms with Crippen LogP contribution in [-0.2, 0) is 14.9 Å². The zero-order valence-electron chi connectivity index (χ0n) is 9.13. The van der Waals surface area contributed by atoms with E-state index in [4.69, 9.17) is 4.74 Å². The second-order valence-corrected chi connectivity index (χ2v) is 3.68. The summed E-state index contributed by atoms with van der Waals surface area (Å²) in [7, 11) is 0. The highest BCUT2D eigenvalue weighted by molar-refractivity contribution is 9.08. The molecule has 0 bridgehead atoms. The molecule has 16 heavy (non-hydrogen) atoms. The molecular weight excluding hydrogens is 268 g/mol. The number of alkyl halides is 1. The van der Waals surface area contributed by atoms with Crippen molar-refractivity contribution in [3.05, 3.63) is 35.4 Å². The highest BCUT2D eigenvalue weighted by atomic mass is 79.9. The van der Waals surface area contributed by atoms with Crippen LogP contribution < -0.4 is 0 Å². The molecule has 0 saturated heterocycles. The van der Waals surface area contributed by atoms with Crippen molar-refractivity contribution < 1.29 is 9.53 Å². The fraction of sp³-hybridized carbons (Fsp3) is 0.308. The van der Waals surface area contributed by atoms with Crippen LogP contribution >= 0.6 is 15.9 Å². The molecule has 0 heterocycles. The molecule has 1 aromatic carbocycles. The Morgan fingerprint density at radius 2 is 2.31 bits per heavy atom. The molecule has 0 spiro atoms. The second-order valence-electron chi connectivity index (χ2n) is 3.12. The largest absolute Gasteiger partial charge is 0.465 e. The van der Waals surface area contributed by atoms with E-state index in [2.05, 4.69) is 27.8 Å². The zero-order chi connectivity index (χ0) is 11.8. The third kappa shape index (κ3) is 4.50. The molecule has 0 N–H and O–H groups in total. The van der Waals surface area contributed by atoms with E-state index >= 15 is 0 Å². The smallest absolute Gasteiger partial charge is 0.317 e. The Kier molecular flexibility index (Phi) is 5.66. The SMILES string of the molecule is CCOC(=O)CC#Cc1cccc(CBr)c1. The molecule has 0 amide bonds. The van der Waals surface area contributed by atoms with Gasteiger partial charge in [-0.2, -0.15) is 0 Å². The second kappa shape index (κ2) is 7.08. The third-order valence-electron chi connectivity index (χ3n) is 1.85. The van der Waals surface area contributed by atoms with E-state index in [1.807, 2.05) is 24.3 Å². The van der Waals surface area contributed by atoms with Crippen LogP contribution in [0.3, 0.4) is 0 Å². The Morgan fingerprint density at radius 1 is 1.50 bits per heavy atom. The highest BCUT2D eigenvalue weighted by Gasteiger charge is 1.96. The Bertz CT molecular complexity index is 415. The van der Waals surface area contributed by atoms with Gasteiger partial charge in [0.15, 0.2) is 0 Å². The zero-order valence-corrected chi connectivity index (χ0v) is 10.7. The van der Waals surface area contributed by atoms with Crippen LogP contribution in [-0.4, -0.2) is 12.6 Å². The van der Waals surface area contributed by atoms with Crippen molar-refractivity contribution in [3.63, 3.8) is 0 Å². The van der Waals surface area contributed by atoms with E-state index in [0.717, 1.165) is 10.9 Å². The molecule has 0 atom stereocenters. The molecule has 0 aromatic heterocycles. The van der Waals surface area contributed by atoms with Gasteiger partial charge in [-0.05, 0) is 24.6 Å². The summed E-state index contributed by atoms with van der Waals surface area (Å²) in [6.07, 6.45) is 0.145. The van der Waals surface area contributed by atoms with Gasteiger partial charge in [0.05, 0.1) is 6.61 Å². The van der Waals surface area contributed by atoms with Crippen molar-refractivity contribution in [1.29, 1.82) is 0 Å². The molecule has 0 aliphatic rings. The van der Waals surface area contributed by atoms with Gasteiger partial charge in [-0.1, -0.05) is 39.9 Å². The fourth-order valence-electron chi connectivity index (χ4n) is 1.16. The lowest BCUT2D eigenvalue weighted by Gasteiger charge is -1.96. The van der Waals surface area contributed by atoms with Crippen molar-refractivity contribution >= 4 is 21.9 Å². The minimum absolute atomic E-state index is 0.145. The van der Waals surface area contributed by atoms with E-state index in [-0.39, 0.29) is 12.4 Å². The number of esters is 1. The lowest BCUT2D eigenvalue weighted by atomic mass is 10.1. The molecule has 84 valence electrons. The predicted octanol–water partition coefficient (Wildman–Crippen LogP) is 2.89. The fourth-order valence-corrected chi connectivity index (χ4v) is 1.51. The average Bonchev–Trinajstić information content (AvgIpc) is 2.30. The van der Waals surface area contributed by atoms with Crippen LogP contribution in [0.1, 0.15) is 24.5 Å². The molecule has 0 aliphatic carbocycles. The van der Waals surface area contributed by atoms with E-state index in [1.165, 1.54) is 5.56 Å². The summed E-state index contributed by atoms with van der Waals surface area (Å²) in [6.45, 7) is 2.18. The van der Waals surface area contributed by atoms with Crippen LogP contribution in [0.2, 0.25) is 0 Å². The van der Waals surface area contributed by atoms with Crippen molar-refractivity contribution in [3.8, 4) is 11.8 Å². The average molecular weight is 281 g/mol. The van der Waals surface area contributed by atoms with Crippen LogP contribution in [0.4, 0.5) is 0 Å². The molecular formula is C13H13BrO2. The lowest BCUT2D eigenvalue weighted by molar-refractivity contribution is -0.141. The molecule has 0 radical (unpaired) electrons. The summed E-state index contributed by atoms with van der Waals surface area (Å²) in [6, 6.07) is 7.88. The van der Waals surface area contributed by atoms with Gasteiger partial charge in [-0.15, -0.1) is 0 Å². The maximum absolute atomic E-state index is 11.0. The molecule has 0 unspecified atom stereocenters. The van der Waals surface area contributed by atoms with Gasteiger partial charge in [0.2, 0.25) is 0 Å². The van der Waals surface area contributed by atoms with E-state index in [0.29, 0.717) is 6.61 Å². The Hall–Kier alpha value is -1.27. The molecule has 1 rings (SSSR count). The van der Waals surface area contributed by atoms with E-state index < -0.39 is 0 Å². The van der Waals surface area contributed by atoms with Crippen molar-refractivity contribution in [2.45, 2.75) is 18.7 Å². The Labute approximate surface area is 104 Å². The first kappa shape index (κ1) is 12.8. The number of rotatable bonds is 3. The monoisotopic (exact) mass is 280 g/mol. The molecule has 0 aliphatic heterocycles. The summed E-state index contributed by atoms with van der Waals surface area (Å²) in [5.74, 6) is 5.46.